The normalized spacial score (nSPS) is 24.1. The number of carbonyl (C=O) groups excluding carboxylic acids is 1. The number of nitrogens with zero attached hydrogens (tertiary/aromatic N) is 4. The van der Waals surface area contributed by atoms with Crippen LogP contribution in [0.25, 0.3) is 22.0 Å². The van der Waals surface area contributed by atoms with Crippen molar-refractivity contribution in [3.05, 3.63) is 49.1 Å². The zero-order chi connectivity index (χ0) is 18.3. The Morgan fingerprint density at radius 1 is 1.00 bits per heavy atom. The fourth-order valence-electron chi connectivity index (χ4n) is 4.21. The molecule has 6 nitrogen and oxygen atoms in total. The molecule has 6 heterocycles. The quantitative estimate of drug-likeness (QED) is 0.778. The summed E-state index contributed by atoms with van der Waals surface area (Å²) in [5.74, 6) is 0.713. The molecule has 136 valence electrons. The summed E-state index contributed by atoms with van der Waals surface area (Å²) in [6.45, 7) is 3.07. The molecule has 2 bridgehead atoms. The molecule has 3 aromatic rings. The van der Waals surface area contributed by atoms with E-state index in [1.54, 1.807) is 12.4 Å². The maximum absolute atomic E-state index is 13.0. The number of anilines is 1. The van der Waals surface area contributed by atoms with E-state index in [1.807, 2.05) is 30.6 Å². The Kier molecular flexibility index (Phi) is 3.86. The smallest absolute Gasteiger partial charge is 0.231 e. The second-order valence-electron chi connectivity index (χ2n) is 7.55. The first-order valence-corrected chi connectivity index (χ1v) is 9.42. The fraction of sp³-hybridized carbons (Fsp3) is 0.333. The average Bonchev–Trinajstić information content (AvgIpc) is 2.75. The highest BCUT2D eigenvalue weighted by molar-refractivity contribution is 5.96. The van der Waals surface area contributed by atoms with Crippen LogP contribution in [0.2, 0.25) is 0 Å². The lowest BCUT2D eigenvalue weighted by atomic mass is 9.71. The highest BCUT2D eigenvalue weighted by Crippen LogP contribution is 2.40. The Morgan fingerprint density at radius 2 is 1.81 bits per heavy atom. The van der Waals surface area contributed by atoms with Crippen molar-refractivity contribution >= 4 is 22.6 Å². The molecule has 3 aliphatic rings. The van der Waals surface area contributed by atoms with Gasteiger partial charge < -0.3 is 10.2 Å². The first-order valence-electron chi connectivity index (χ1n) is 9.42. The third kappa shape index (κ3) is 2.96. The minimum absolute atomic E-state index is 0.116. The molecule has 0 spiro atoms. The summed E-state index contributed by atoms with van der Waals surface area (Å²) in [6, 6.07) is 7.89. The van der Waals surface area contributed by atoms with E-state index in [2.05, 4.69) is 31.2 Å². The largest absolute Gasteiger partial charge is 0.310 e. The van der Waals surface area contributed by atoms with Gasteiger partial charge in [0.25, 0.3) is 0 Å². The lowest BCUT2D eigenvalue weighted by molar-refractivity contribution is -0.132. The van der Waals surface area contributed by atoms with Crippen LogP contribution in [0.4, 0.5) is 5.82 Å². The van der Waals surface area contributed by atoms with Crippen molar-refractivity contribution < 1.29 is 4.79 Å². The maximum Gasteiger partial charge on any atom is 0.231 e. The molecule has 0 unspecified atom stereocenters. The predicted octanol–water partition coefficient (Wildman–Crippen LogP) is 3.12. The molecule has 1 N–H and O–H groups in total. The fourth-order valence-corrected chi connectivity index (χ4v) is 4.21. The van der Waals surface area contributed by atoms with Crippen molar-refractivity contribution in [2.24, 2.45) is 5.41 Å². The second kappa shape index (κ2) is 6.39. The van der Waals surface area contributed by atoms with E-state index >= 15 is 0 Å². The molecular weight excluding hydrogens is 338 g/mol. The van der Waals surface area contributed by atoms with Gasteiger partial charge in [-0.05, 0) is 57.1 Å². The Morgan fingerprint density at radius 3 is 2.56 bits per heavy atom. The Hall–Kier alpha value is -2.86. The summed E-state index contributed by atoms with van der Waals surface area (Å²) in [5, 5.41) is 4.03. The molecule has 3 saturated heterocycles. The number of hydrogen-bond acceptors (Lipinski definition) is 5. The van der Waals surface area contributed by atoms with Crippen LogP contribution in [0.5, 0.6) is 0 Å². The number of pyridine rings is 3. The number of aromatic nitrogens is 3. The molecule has 3 fully saturated rings. The standard InChI is InChI=1S/C21H21N5O/c27-20(21-3-7-26(8-4-21)9-5-21)25-19-11-16-10-17(13-23-18(16)14-24-19)15-2-1-6-22-12-15/h1-2,6,10-14H,3-5,7-9H2,(H,24,25,27). The molecule has 3 aliphatic heterocycles. The highest BCUT2D eigenvalue weighted by atomic mass is 16.2. The van der Waals surface area contributed by atoms with Gasteiger partial charge in [-0.3, -0.25) is 14.8 Å². The molecule has 0 aliphatic carbocycles. The lowest BCUT2D eigenvalue weighted by Crippen LogP contribution is -2.53. The average molecular weight is 359 g/mol. The summed E-state index contributed by atoms with van der Waals surface area (Å²) < 4.78 is 0. The SMILES string of the molecule is O=C(Nc1cc2cc(-c3cccnc3)cnc2cn1)C12CCN(CC1)CC2. The zero-order valence-electron chi connectivity index (χ0n) is 15.1. The predicted molar refractivity (Wildman–Crippen MR) is 104 cm³/mol. The molecule has 0 aromatic carbocycles. The van der Waals surface area contributed by atoms with E-state index in [0.717, 1.165) is 60.9 Å². The number of carbonyl (C=O) groups is 1. The molecule has 0 radical (unpaired) electrons. The van der Waals surface area contributed by atoms with Gasteiger partial charge in [0.15, 0.2) is 0 Å². The second-order valence-corrected chi connectivity index (χ2v) is 7.55. The van der Waals surface area contributed by atoms with Crippen LogP contribution in [0.1, 0.15) is 19.3 Å². The van der Waals surface area contributed by atoms with Crippen LogP contribution in [0, 0.1) is 5.41 Å². The first kappa shape index (κ1) is 16.3. The van der Waals surface area contributed by atoms with E-state index in [0.29, 0.717) is 5.82 Å². The van der Waals surface area contributed by atoms with Crippen molar-refractivity contribution in [1.29, 1.82) is 0 Å². The number of fused-ring (bicyclic) bond motifs is 4. The molecular formula is C21H21N5O. The molecule has 1 amide bonds. The molecule has 6 heteroatoms. The van der Waals surface area contributed by atoms with Crippen LogP contribution in [0.3, 0.4) is 0 Å². The monoisotopic (exact) mass is 359 g/mol. The van der Waals surface area contributed by atoms with Gasteiger partial charge in [0.1, 0.15) is 5.82 Å². The molecule has 3 aromatic heterocycles. The van der Waals surface area contributed by atoms with Crippen molar-refractivity contribution in [3.63, 3.8) is 0 Å². The van der Waals surface area contributed by atoms with Crippen LogP contribution >= 0.6 is 0 Å². The Bertz CT molecular complexity index is 982. The van der Waals surface area contributed by atoms with Gasteiger partial charge in [-0.2, -0.15) is 0 Å². The summed E-state index contributed by atoms with van der Waals surface area (Å²) in [4.78, 5) is 28.5. The van der Waals surface area contributed by atoms with Crippen LogP contribution in [0.15, 0.2) is 49.1 Å². The number of rotatable bonds is 3. The topological polar surface area (TPSA) is 71.0 Å². The number of piperidine rings is 3. The maximum atomic E-state index is 13.0. The van der Waals surface area contributed by atoms with E-state index in [9.17, 15) is 4.79 Å². The zero-order valence-corrected chi connectivity index (χ0v) is 15.1. The van der Waals surface area contributed by atoms with Crippen molar-refractivity contribution in [3.8, 4) is 11.1 Å². The van der Waals surface area contributed by atoms with E-state index in [1.165, 1.54) is 0 Å². The number of nitrogens with one attached hydrogen (secondary N) is 1. The van der Waals surface area contributed by atoms with Crippen molar-refractivity contribution in [1.82, 2.24) is 19.9 Å². The van der Waals surface area contributed by atoms with Gasteiger partial charge in [0, 0.05) is 35.1 Å². The van der Waals surface area contributed by atoms with Gasteiger partial charge in [0.05, 0.1) is 17.1 Å². The molecule has 6 rings (SSSR count). The minimum Gasteiger partial charge on any atom is -0.310 e. The first-order chi connectivity index (χ1) is 13.2. The van der Waals surface area contributed by atoms with Gasteiger partial charge in [-0.25, -0.2) is 4.98 Å². The number of hydrogen-bond donors (Lipinski definition) is 1. The van der Waals surface area contributed by atoms with E-state index in [4.69, 9.17) is 0 Å². The van der Waals surface area contributed by atoms with E-state index in [-0.39, 0.29) is 11.3 Å². The van der Waals surface area contributed by atoms with Gasteiger partial charge >= 0.3 is 0 Å². The lowest BCUT2D eigenvalue weighted by Gasteiger charge is -2.47. The van der Waals surface area contributed by atoms with Gasteiger partial charge in [-0.15, -0.1) is 0 Å². The summed E-state index contributed by atoms with van der Waals surface area (Å²) in [5.41, 5.74) is 2.60. The van der Waals surface area contributed by atoms with E-state index < -0.39 is 0 Å². The van der Waals surface area contributed by atoms with Crippen LogP contribution in [-0.2, 0) is 4.79 Å². The summed E-state index contributed by atoms with van der Waals surface area (Å²) in [6.07, 6.45) is 9.95. The highest BCUT2D eigenvalue weighted by Gasteiger charge is 2.45. The summed E-state index contributed by atoms with van der Waals surface area (Å²) >= 11 is 0. The number of amides is 1. The van der Waals surface area contributed by atoms with Crippen molar-refractivity contribution in [2.75, 3.05) is 25.0 Å². The molecule has 0 saturated carbocycles. The Balaban J connectivity index is 1.43. The van der Waals surface area contributed by atoms with Crippen molar-refractivity contribution in [2.45, 2.75) is 19.3 Å². The van der Waals surface area contributed by atoms with Gasteiger partial charge in [-0.1, -0.05) is 6.07 Å². The van der Waals surface area contributed by atoms with Crippen LogP contribution in [-0.4, -0.2) is 45.4 Å². The van der Waals surface area contributed by atoms with Gasteiger partial charge in [0.2, 0.25) is 5.91 Å². The Labute approximate surface area is 157 Å². The van der Waals surface area contributed by atoms with Crippen LogP contribution < -0.4 is 5.32 Å². The summed E-state index contributed by atoms with van der Waals surface area (Å²) in [7, 11) is 0. The minimum atomic E-state index is -0.221. The molecule has 27 heavy (non-hydrogen) atoms. The molecule has 0 atom stereocenters. The third-order valence-corrected chi connectivity index (χ3v) is 6.01. The third-order valence-electron chi connectivity index (χ3n) is 6.01.